The predicted octanol–water partition coefficient (Wildman–Crippen LogP) is 2.06. The fourth-order valence-corrected chi connectivity index (χ4v) is 2.97. The van der Waals surface area contributed by atoms with Gasteiger partial charge in [0.2, 0.25) is 0 Å². The number of thioether (sulfide) groups is 1. The molecule has 1 aromatic heterocycles. The number of aliphatic carboxylic acids is 1. The third-order valence-corrected chi connectivity index (χ3v) is 4.13. The average molecular weight is 232 g/mol. The maximum Gasteiger partial charge on any atom is 0.319 e. The molecule has 0 amide bonds. The smallest absolute Gasteiger partial charge is 0.319 e. The number of carbonyl (C=O) groups is 1. The zero-order valence-corrected chi connectivity index (χ0v) is 9.35. The second-order valence-corrected chi connectivity index (χ2v) is 5.17. The van der Waals surface area contributed by atoms with E-state index in [0.717, 1.165) is 4.21 Å². The Balaban J connectivity index is 2.65. The van der Waals surface area contributed by atoms with Gasteiger partial charge in [-0.25, -0.2) is 0 Å². The monoisotopic (exact) mass is 232 g/mol. The molecule has 1 heterocycles. The molecule has 0 aliphatic rings. The van der Waals surface area contributed by atoms with E-state index >= 15 is 0 Å². The van der Waals surface area contributed by atoms with Gasteiger partial charge in [-0.15, -0.1) is 11.3 Å². The van der Waals surface area contributed by atoms with E-state index < -0.39 is 17.3 Å². The first-order valence-electron chi connectivity index (χ1n) is 4.26. The van der Waals surface area contributed by atoms with Crippen molar-refractivity contribution in [1.82, 2.24) is 0 Å². The van der Waals surface area contributed by atoms with Crippen LogP contribution in [0.3, 0.4) is 0 Å². The first-order chi connectivity index (χ1) is 6.65. The molecule has 0 aliphatic heterocycles. The van der Waals surface area contributed by atoms with E-state index in [1.165, 1.54) is 23.1 Å². The summed E-state index contributed by atoms with van der Waals surface area (Å²) in [6, 6.07) is 3.72. The van der Waals surface area contributed by atoms with Gasteiger partial charge in [-0.05, 0) is 17.9 Å². The van der Waals surface area contributed by atoms with Gasteiger partial charge < -0.3 is 10.2 Å². The van der Waals surface area contributed by atoms with Crippen molar-refractivity contribution >= 4 is 29.1 Å². The Bertz CT molecular complexity index is 284. The van der Waals surface area contributed by atoms with Crippen molar-refractivity contribution in [2.45, 2.75) is 28.9 Å². The first-order valence-corrected chi connectivity index (χ1v) is 6.02. The molecule has 0 fully saturated rings. The number of hydrogen-bond donors (Lipinski definition) is 2. The van der Waals surface area contributed by atoms with Gasteiger partial charge in [0, 0.05) is 0 Å². The zero-order valence-electron chi connectivity index (χ0n) is 7.71. The molecule has 0 radical (unpaired) electrons. The summed E-state index contributed by atoms with van der Waals surface area (Å²) in [4.78, 5) is 10.8. The lowest BCUT2D eigenvalue weighted by Crippen LogP contribution is -2.30. The average Bonchev–Trinajstić information content (AvgIpc) is 2.65. The van der Waals surface area contributed by atoms with Crippen molar-refractivity contribution in [3.8, 4) is 0 Å². The lowest BCUT2D eigenvalue weighted by molar-refractivity contribution is -0.138. The molecule has 0 spiro atoms. The summed E-state index contributed by atoms with van der Waals surface area (Å²) in [5.74, 6) is -0.960. The van der Waals surface area contributed by atoms with Crippen LogP contribution in [0.1, 0.15) is 13.3 Å². The fraction of sp³-hybridized carbons (Fsp3) is 0.444. The van der Waals surface area contributed by atoms with Crippen LogP contribution in [0.25, 0.3) is 0 Å². The van der Waals surface area contributed by atoms with Crippen LogP contribution in [0.5, 0.6) is 0 Å². The minimum Gasteiger partial charge on any atom is -0.480 e. The number of aliphatic hydroxyl groups excluding tert-OH is 1. The Morgan fingerprint density at radius 3 is 2.86 bits per heavy atom. The number of rotatable bonds is 5. The van der Waals surface area contributed by atoms with Crippen LogP contribution in [-0.2, 0) is 4.79 Å². The number of carboxylic acids is 1. The largest absolute Gasteiger partial charge is 0.480 e. The number of carboxylic acid groups (broad SMARTS) is 1. The molecule has 0 aliphatic carbocycles. The fourth-order valence-electron chi connectivity index (χ4n) is 0.963. The van der Waals surface area contributed by atoms with Gasteiger partial charge in [-0.1, -0.05) is 24.8 Å². The Morgan fingerprint density at radius 2 is 2.43 bits per heavy atom. The normalized spacial score (nSPS) is 15.0. The van der Waals surface area contributed by atoms with Crippen molar-refractivity contribution in [3.05, 3.63) is 17.5 Å². The van der Waals surface area contributed by atoms with Gasteiger partial charge in [0.1, 0.15) is 5.25 Å². The van der Waals surface area contributed by atoms with Crippen LogP contribution in [0.4, 0.5) is 0 Å². The Labute approximate surface area is 90.8 Å². The summed E-state index contributed by atoms with van der Waals surface area (Å²) in [5.41, 5.74) is 0. The predicted molar refractivity (Wildman–Crippen MR) is 57.9 cm³/mol. The third kappa shape index (κ3) is 3.01. The Kier molecular flexibility index (Phi) is 4.44. The minimum absolute atomic E-state index is 0.454. The van der Waals surface area contributed by atoms with E-state index in [1.54, 1.807) is 6.92 Å². The molecule has 0 saturated carbocycles. The lowest BCUT2D eigenvalue weighted by atomic mass is 10.2. The molecule has 14 heavy (non-hydrogen) atoms. The summed E-state index contributed by atoms with van der Waals surface area (Å²) < 4.78 is 0.921. The van der Waals surface area contributed by atoms with Crippen LogP contribution in [0.2, 0.25) is 0 Å². The topological polar surface area (TPSA) is 57.5 Å². The molecular weight excluding hydrogens is 220 g/mol. The number of thiophene rings is 1. The van der Waals surface area contributed by atoms with Crippen molar-refractivity contribution in [3.63, 3.8) is 0 Å². The van der Waals surface area contributed by atoms with Crippen LogP contribution in [0.15, 0.2) is 21.7 Å². The highest BCUT2D eigenvalue weighted by Crippen LogP contribution is 2.30. The molecule has 1 aromatic rings. The molecule has 0 bridgehead atoms. The molecule has 2 N–H and O–H groups in total. The molecular formula is C9H12O3S2. The highest BCUT2D eigenvalue weighted by molar-refractivity contribution is 8.02. The minimum atomic E-state index is -0.960. The van der Waals surface area contributed by atoms with Crippen LogP contribution >= 0.6 is 23.1 Å². The molecule has 3 nitrogen and oxygen atoms in total. The quantitative estimate of drug-likeness (QED) is 0.763. The maximum absolute atomic E-state index is 10.8. The van der Waals surface area contributed by atoms with Gasteiger partial charge in [-0.2, -0.15) is 0 Å². The summed E-state index contributed by atoms with van der Waals surface area (Å²) in [7, 11) is 0. The van der Waals surface area contributed by atoms with E-state index in [4.69, 9.17) is 5.11 Å². The maximum atomic E-state index is 10.8. The lowest BCUT2D eigenvalue weighted by Gasteiger charge is -2.15. The summed E-state index contributed by atoms with van der Waals surface area (Å²) in [6.45, 7) is 1.77. The van der Waals surface area contributed by atoms with Crippen molar-refractivity contribution in [2.24, 2.45) is 0 Å². The van der Waals surface area contributed by atoms with Gasteiger partial charge in [0.25, 0.3) is 0 Å². The summed E-state index contributed by atoms with van der Waals surface area (Å²) in [6.07, 6.45) is -0.338. The highest BCUT2D eigenvalue weighted by atomic mass is 32.2. The number of aliphatic hydroxyl groups is 1. The SMILES string of the molecule is CCC(O)C(Sc1cccs1)C(=O)O. The molecule has 2 unspecified atom stereocenters. The standard InChI is InChI=1S/C9H12O3S2/c1-2-6(10)8(9(11)12)14-7-4-3-5-13-7/h3-6,8,10H,2H2,1H3,(H,11,12). The second kappa shape index (κ2) is 5.38. The zero-order chi connectivity index (χ0) is 10.6. The van der Waals surface area contributed by atoms with Crippen molar-refractivity contribution < 1.29 is 15.0 Å². The van der Waals surface area contributed by atoms with E-state index in [9.17, 15) is 9.90 Å². The van der Waals surface area contributed by atoms with Crippen LogP contribution in [0, 0.1) is 0 Å². The third-order valence-electron chi connectivity index (χ3n) is 1.75. The molecule has 1 rings (SSSR count). The van der Waals surface area contributed by atoms with E-state index in [0.29, 0.717) is 6.42 Å². The molecule has 2 atom stereocenters. The van der Waals surface area contributed by atoms with Crippen LogP contribution < -0.4 is 0 Å². The Hall–Kier alpha value is -0.520. The van der Waals surface area contributed by atoms with Crippen molar-refractivity contribution in [2.75, 3.05) is 0 Å². The molecule has 5 heteroatoms. The first kappa shape index (κ1) is 11.6. The molecule has 78 valence electrons. The highest BCUT2D eigenvalue weighted by Gasteiger charge is 2.26. The van der Waals surface area contributed by atoms with Gasteiger partial charge in [-0.3, -0.25) is 4.79 Å². The summed E-state index contributed by atoms with van der Waals surface area (Å²) in [5, 5.41) is 19.5. The second-order valence-electron chi connectivity index (χ2n) is 2.78. The molecule has 0 aromatic carbocycles. The van der Waals surface area contributed by atoms with Gasteiger partial charge in [0.15, 0.2) is 0 Å². The van der Waals surface area contributed by atoms with Gasteiger partial charge >= 0.3 is 5.97 Å². The van der Waals surface area contributed by atoms with Crippen LogP contribution in [-0.4, -0.2) is 27.5 Å². The number of hydrogen-bond acceptors (Lipinski definition) is 4. The summed E-state index contributed by atoms with van der Waals surface area (Å²) >= 11 is 2.69. The van der Waals surface area contributed by atoms with E-state index in [2.05, 4.69) is 0 Å². The van der Waals surface area contributed by atoms with Gasteiger partial charge in [0.05, 0.1) is 10.3 Å². The van der Waals surface area contributed by atoms with Crippen molar-refractivity contribution in [1.29, 1.82) is 0 Å². The molecule has 0 saturated heterocycles. The van der Waals surface area contributed by atoms with E-state index in [1.807, 2.05) is 17.5 Å². The van der Waals surface area contributed by atoms with E-state index in [-0.39, 0.29) is 0 Å². The Morgan fingerprint density at radius 1 is 1.71 bits per heavy atom.